The van der Waals surface area contributed by atoms with Crippen LogP contribution in [0.3, 0.4) is 0 Å². The van der Waals surface area contributed by atoms with Gasteiger partial charge in [-0.15, -0.1) is 5.10 Å². The molecule has 1 N–H and O–H groups in total. The topological polar surface area (TPSA) is 82.2 Å². The van der Waals surface area contributed by atoms with Gasteiger partial charge in [0.15, 0.2) is 11.3 Å². The van der Waals surface area contributed by atoms with Gasteiger partial charge in [0.25, 0.3) is 5.91 Å². The minimum Gasteiger partial charge on any atom is -0.490 e. The maximum absolute atomic E-state index is 12.7. The Hall–Kier alpha value is -3.35. The average molecular weight is 378 g/mol. The van der Waals surface area contributed by atoms with E-state index in [1.54, 1.807) is 16.8 Å². The van der Waals surface area contributed by atoms with Crippen molar-refractivity contribution >= 4 is 27.9 Å². The largest absolute Gasteiger partial charge is 0.490 e. The maximum atomic E-state index is 12.7. The van der Waals surface area contributed by atoms with Gasteiger partial charge < -0.3 is 14.5 Å². The third kappa shape index (κ3) is 3.19. The number of hydrogen-bond acceptors (Lipinski definition) is 5. The van der Waals surface area contributed by atoms with E-state index in [9.17, 15) is 4.79 Å². The lowest BCUT2D eigenvalue weighted by Crippen LogP contribution is -2.26. The van der Waals surface area contributed by atoms with E-state index in [-0.39, 0.29) is 11.9 Å². The Kier molecular flexibility index (Phi) is 4.73. The summed E-state index contributed by atoms with van der Waals surface area (Å²) < 4.78 is 13.4. The lowest BCUT2D eigenvalue weighted by Gasteiger charge is -2.11. The number of para-hydroxylation sites is 1. The van der Waals surface area contributed by atoms with Crippen LogP contribution >= 0.6 is 0 Å². The van der Waals surface area contributed by atoms with Gasteiger partial charge in [-0.2, -0.15) is 0 Å². The molecule has 0 saturated heterocycles. The van der Waals surface area contributed by atoms with Crippen molar-refractivity contribution in [3.05, 3.63) is 53.8 Å². The smallest absolute Gasteiger partial charge is 0.251 e. The quantitative estimate of drug-likeness (QED) is 0.546. The lowest BCUT2D eigenvalue weighted by molar-refractivity contribution is 0.0936. The highest BCUT2D eigenvalue weighted by atomic mass is 16.5. The molecule has 0 aliphatic rings. The van der Waals surface area contributed by atoms with E-state index in [0.717, 1.165) is 17.4 Å². The van der Waals surface area contributed by atoms with Crippen LogP contribution in [0.15, 0.2) is 46.9 Å². The van der Waals surface area contributed by atoms with Gasteiger partial charge in [0.1, 0.15) is 11.3 Å². The summed E-state index contributed by atoms with van der Waals surface area (Å²) in [6.45, 7) is 7.12. The summed E-state index contributed by atoms with van der Waals surface area (Å²) in [5.41, 5.74) is 2.84. The summed E-state index contributed by atoms with van der Waals surface area (Å²) in [6.07, 6.45) is 0. The Labute approximate surface area is 162 Å². The van der Waals surface area contributed by atoms with Crippen molar-refractivity contribution in [1.82, 2.24) is 20.3 Å². The van der Waals surface area contributed by atoms with Gasteiger partial charge in [-0.05, 0) is 51.1 Å². The third-order valence-electron chi connectivity index (χ3n) is 4.68. The van der Waals surface area contributed by atoms with Crippen LogP contribution in [0, 0.1) is 0 Å². The van der Waals surface area contributed by atoms with Gasteiger partial charge in [-0.3, -0.25) is 4.79 Å². The number of fused-ring (bicyclic) bond motifs is 2. The minimum atomic E-state index is -0.295. The van der Waals surface area contributed by atoms with Crippen LogP contribution in [-0.2, 0) is 6.54 Å². The van der Waals surface area contributed by atoms with Crippen molar-refractivity contribution < 1.29 is 13.9 Å². The van der Waals surface area contributed by atoms with Crippen molar-refractivity contribution in [3.63, 3.8) is 0 Å². The summed E-state index contributed by atoms with van der Waals surface area (Å²) in [4.78, 5) is 12.7. The fourth-order valence-electron chi connectivity index (χ4n) is 3.24. The maximum Gasteiger partial charge on any atom is 0.251 e. The number of nitrogens with one attached hydrogen (secondary N) is 1. The molecule has 2 aromatic carbocycles. The van der Waals surface area contributed by atoms with Gasteiger partial charge >= 0.3 is 0 Å². The summed E-state index contributed by atoms with van der Waals surface area (Å²) in [5, 5.41) is 12.1. The Morgan fingerprint density at radius 3 is 2.89 bits per heavy atom. The van der Waals surface area contributed by atoms with Crippen molar-refractivity contribution in [1.29, 1.82) is 0 Å². The predicted octanol–water partition coefficient (Wildman–Crippen LogP) is 4.09. The highest BCUT2D eigenvalue weighted by Crippen LogP contribution is 2.31. The van der Waals surface area contributed by atoms with E-state index in [1.165, 1.54) is 0 Å². The number of aryl methyl sites for hydroxylation is 1. The molecule has 0 spiro atoms. The number of carbonyl (C=O) groups excluding carboxylic acids is 1. The highest BCUT2D eigenvalue weighted by Gasteiger charge is 2.18. The van der Waals surface area contributed by atoms with Crippen molar-refractivity contribution in [2.75, 3.05) is 6.61 Å². The second-order valence-electron chi connectivity index (χ2n) is 6.56. The number of benzene rings is 2. The molecule has 7 nitrogen and oxygen atoms in total. The first-order valence-corrected chi connectivity index (χ1v) is 9.40. The van der Waals surface area contributed by atoms with Crippen molar-refractivity contribution in [3.8, 4) is 5.75 Å². The molecule has 0 bridgehead atoms. The molecule has 0 fully saturated rings. The van der Waals surface area contributed by atoms with Crippen LogP contribution in [0.5, 0.6) is 5.75 Å². The Balaban J connectivity index is 1.56. The molecule has 144 valence electrons. The first-order chi connectivity index (χ1) is 13.6. The fourth-order valence-corrected chi connectivity index (χ4v) is 3.24. The summed E-state index contributed by atoms with van der Waals surface area (Å²) in [5.74, 6) is 1.19. The van der Waals surface area contributed by atoms with Crippen LogP contribution in [-0.4, -0.2) is 27.5 Å². The molecule has 0 aliphatic heterocycles. The van der Waals surface area contributed by atoms with Crippen LogP contribution in [0.1, 0.15) is 42.9 Å². The molecule has 0 radical (unpaired) electrons. The van der Waals surface area contributed by atoms with Gasteiger partial charge in [-0.1, -0.05) is 17.3 Å². The van der Waals surface area contributed by atoms with E-state index in [2.05, 4.69) is 15.6 Å². The lowest BCUT2D eigenvalue weighted by atomic mass is 10.1. The van der Waals surface area contributed by atoms with Gasteiger partial charge in [0.05, 0.1) is 18.2 Å². The number of rotatable bonds is 6. The molecular formula is C21H22N4O3. The third-order valence-corrected chi connectivity index (χ3v) is 4.68. The van der Waals surface area contributed by atoms with Gasteiger partial charge in [0, 0.05) is 17.5 Å². The van der Waals surface area contributed by atoms with Crippen LogP contribution in [0.2, 0.25) is 0 Å². The molecule has 0 aliphatic carbocycles. The van der Waals surface area contributed by atoms with Crippen LogP contribution in [0.4, 0.5) is 0 Å². The van der Waals surface area contributed by atoms with E-state index in [0.29, 0.717) is 34.8 Å². The zero-order valence-electron chi connectivity index (χ0n) is 16.1. The predicted molar refractivity (Wildman–Crippen MR) is 106 cm³/mol. The summed E-state index contributed by atoms with van der Waals surface area (Å²) in [6, 6.07) is 12.8. The Morgan fingerprint density at radius 2 is 2.11 bits per heavy atom. The van der Waals surface area contributed by atoms with Gasteiger partial charge in [-0.25, -0.2) is 4.68 Å². The van der Waals surface area contributed by atoms with E-state index in [4.69, 9.17) is 9.15 Å². The van der Waals surface area contributed by atoms with E-state index >= 15 is 0 Å². The molecular weight excluding hydrogens is 356 g/mol. The molecule has 28 heavy (non-hydrogen) atoms. The molecule has 7 heteroatoms. The second-order valence-corrected chi connectivity index (χ2v) is 6.56. The van der Waals surface area contributed by atoms with E-state index in [1.807, 2.05) is 51.1 Å². The number of amides is 1. The zero-order chi connectivity index (χ0) is 19.7. The Morgan fingerprint density at radius 1 is 1.25 bits per heavy atom. The van der Waals surface area contributed by atoms with Crippen LogP contribution < -0.4 is 10.1 Å². The minimum absolute atomic E-state index is 0.189. The second kappa shape index (κ2) is 7.34. The monoisotopic (exact) mass is 378 g/mol. The summed E-state index contributed by atoms with van der Waals surface area (Å²) in [7, 11) is 0. The molecule has 2 aromatic heterocycles. The number of aromatic nitrogens is 3. The normalized spacial score (nSPS) is 12.4. The number of furan rings is 1. The van der Waals surface area contributed by atoms with Crippen molar-refractivity contribution in [2.45, 2.75) is 33.4 Å². The molecule has 1 unspecified atom stereocenters. The fraction of sp³-hybridized carbons (Fsp3) is 0.286. The first-order valence-electron chi connectivity index (χ1n) is 9.40. The highest BCUT2D eigenvalue weighted by molar-refractivity contribution is 5.97. The molecule has 1 atom stereocenters. The average Bonchev–Trinajstić information content (AvgIpc) is 3.32. The molecule has 2 heterocycles. The number of hydrogen-bond donors (Lipinski definition) is 1. The number of ether oxygens (including phenoxy) is 1. The zero-order valence-corrected chi connectivity index (χ0v) is 16.1. The summed E-state index contributed by atoms with van der Waals surface area (Å²) >= 11 is 0. The molecule has 4 aromatic rings. The Bertz CT molecular complexity index is 1150. The molecule has 0 saturated carbocycles. The van der Waals surface area contributed by atoms with Gasteiger partial charge in [0.2, 0.25) is 0 Å². The standard InChI is InChI=1S/C21H22N4O3/c1-4-25-17-10-9-15(11-16(17)23-24-25)21(26)22-13(3)19-12-14-7-6-8-18(27-5-2)20(14)28-19/h6-13H,4-5H2,1-3H3,(H,22,26). The number of nitrogens with zero attached hydrogens (tertiary/aromatic N) is 3. The molecule has 1 amide bonds. The van der Waals surface area contributed by atoms with Crippen LogP contribution in [0.25, 0.3) is 22.0 Å². The van der Waals surface area contributed by atoms with E-state index < -0.39 is 0 Å². The first kappa shape index (κ1) is 18.0. The SMILES string of the molecule is CCOc1cccc2cc(C(C)NC(=O)c3ccc4c(c3)nnn4CC)oc12. The molecule has 4 rings (SSSR count). The van der Waals surface area contributed by atoms with Crippen molar-refractivity contribution in [2.24, 2.45) is 0 Å². The number of carbonyl (C=O) groups is 1.